The zero-order valence-electron chi connectivity index (χ0n) is 13.5. The third-order valence-electron chi connectivity index (χ3n) is 3.36. The number of sulfonamides is 1. The molecule has 0 bridgehead atoms. The molecule has 0 saturated heterocycles. The zero-order chi connectivity index (χ0) is 19.5. The number of halogens is 4. The first-order valence-corrected chi connectivity index (χ1v) is 10.6. The van der Waals surface area contributed by atoms with Crippen LogP contribution in [0.3, 0.4) is 0 Å². The number of nitrogens with zero attached hydrogens (tertiary/aromatic N) is 1. The van der Waals surface area contributed by atoms with E-state index < -0.39 is 22.5 Å². The summed E-state index contributed by atoms with van der Waals surface area (Å²) in [6, 6.07) is 9.21. The van der Waals surface area contributed by atoms with Gasteiger partial charge in [0, 0.05) is 21.6 Å². The van der Waals surface area contributed by atoms with Crippen LogP contribution in [0.15, 0.2) is 36.4 Å². The lowest BCUT2D eigenvalue weighted by atomic mass is 10.2. The molecule has 0 fully saturated rings. The maximum atomic E-state index is 12.2. The van der Waals surface area contributed by atoms with E-state index in [2.05, 4.69) is 5.32 Å². The first-order chi connectivity index (χ1) is 12.1. The summed E-state index contributed by atoms with van der Waals surface area (Å²) in [7, 11) is -3.74. The normalized spacial score (nSPS) is 11.3. The van der Waals surface area contributed by atoms with E-state index in [9.17, 15) is 13.2 Å². The second-order valence-corrected chi connectivity index (χ2v) is 8.97. The molecule has 2 aromatic rings. The van der Waals surface area contributed by atoms with Crippen molar-refractivity contribution in [2.45, 2.75) is 6.54 Å². The van der Waals surface area contributed by atoms with Gasteiger partial charge in [0.2, 0.25) is 15.9 Å². The number of carbonyl (C=O) groups is 1. The summed E-state index contributed by atoms with van der Waals surface area (Å²) in [5, 5.41) is 3.98. The first-order valence-electron chi connectivity index (χ1n) is 7.21. The lowest BCUT2D eigenvalue weighted by Gasteiger charge is -2.23. The van der Waals surface area contributed by atoms with Crippen LogP contribution in [0, 0.1) is 0 Å². The van der Waals surface area contributed by atoms with Gasteiger partial charge in [-0.3, -0.25) is 9.10 Å². The number of benzene rings is 2. The number of carbonyl (C=O) groups excluding carboxylic acids is 1. The second-order valence-electron chi connectivity index (χ2n) is 5.38. The van der Waals surface area contributed by atoms with Crippen molar-refractivity contribution in [2.75, 3.05) is 17.1 Å². The number of hydrogen-bond donors (Lipinski definition) is 1. The molecule has 0 spiro atoms. The summed E-state index contributed by atoms with van der Waals surface area (Å²) in [5.41, 5.74) is 0.818. The van der Waals surface area contributed by atoms with Gasteiger partial charge in [0.1, 0.15) is 6.54 Å². The van der Waals surface area contributed by atoms with Crippen molar-refractivity contribution in [1.29, 1.82) is 0 Å². The van der Waals surface area contributed by atoms with Gasteiger partial charge >= 0.3 is 0 Å². The molecule has 0 atom stereocenters. The topological polar surface area (TPSA) is 66.5 Å². The van der Waals surface area contributed by atoms with Gasteiger partial charge in [-0.2, -0.15) is 0 Å². The van der Waals surface area contributed by atoms with Gasteiger partial charge in [0.15, 0.2) is 0 Å². The molecule has 1 amide bonds. The summed E-state index contributed by atoms with van der Waals surface area (Å²) in [6.45, 7) is -0.313. The van der Waals surface area contributed by atoms with Crippen molar-refractivity contribution in [2.24, 2.45) is 0 Å². The Bertz CT molecular complexity index is 935. The van der Waals surface area contributed by atoms with Crippen LogP contribution in [0.5, 0.6) is 0 Å². The number of rotatable bonds is 6. The highest BCUT2D eigenvalue weighted by molar-refractivity contribution is 7.92. The maximum Gasteiger partial charge on any atom is 0.241 e. The average molecular weight is 456 g/mol. The number of hydrogen-bond acceptors (Lipinski definition) is 3. The van der Waals surface area contributed by atoms with Crippen molar-refractivity contribution in [1.82, 2.24) is 5.32 Å². The molecule has 2 aromatic carbocycles. The Morgan fingerprint density at radius 2 is 1.58 bits per heavy atom. The van der Waals surface area contributed by atoms with Crippen molar-refractivity contribution in [3.8, 4) is 0 Å². The highest BCUT2D eigenvalue weighted by atomic mass is 35.5. The predicted octanol–water partition coefficient (Wildman–Crippen LogP) is 4.38. The van der Waals surface area contributed by atoms with Crippen LogP contribution in [-0.2, 0) is 21.4 Å². The van der Waals surface area contributed by atoms with Gasteiger partial charge in [-0.25, -0.2) is 8.42 Å². The van der Waals surface area contributed by atoms with Crippen molar-refractivity contribution >= 4 is 68.0 Å². The molecule has 0 unspecified atom stereocenters. The summed E-state index contributed by atoms with van der Waals surface area (Å²) < 4.78 is 25.1. The van der Waals surface area contributed by atoms with Gasteiger partial charge in [0.25, 0.3) is 0 Å². The maximum absolute atomic E-state index is 12.2. The number of anilines is 1. The molecule has 0 saturated carbocycles. The van der Waals surface area contributed by atoms with E-state index in [4.69, 9.17) is 46.4 Å². The SMILES string of the molecule is CS(=O)(=O)N(CC(=O)NCc1ccc(Cl)cc1Cl)c1ccc(Cl)cc1Cl. The average Bonchev–Trinajstić information content (AvgIpc) is 2.51. The quantitative estimate of drug-likeness (QED) is 0.702. The minimum atomic E-state index is -3.74. The Kier molecular flexibility index (Phi) is 7.05. The molecule has 5 nitrogen and oxygen atoms in total. The lowest BCUT2D eigenvalue weighted by molar-refractivity contribution is -0.119. The predicted molar refractivity (Wildman–Crippen MR) is 107 cm³/mol. The Morgan fingerprint density at radius 1 is 1.00 bits per heavy atom. The zero-order valence-corrected chi connectivity index (χ0v) is 17.3. The molecule has 26 heavy (non-hydrogen) atoms. The molecular formula is C16H14Cl4N2O3S. The molecule has 2 rings (SSSR count). The molecule has 140 valence electrons. The standard InChI is InChI=1S/C16H14Cl4N2O3S/c1-26(24,25)22(15-5-4-12(18)7-14(15)20)9-16(23)21-8-10-2-3-11(17)6-13(10)19/h2-7H,8-9H2,1H3,(H,21,23). The molecule has 0 aliphatic carbocycles. The molecule has 0 radical (unpaired) electrons. The molecule has 0 aromatic heterocycles. The minimum Gasteiger partial charge on any atom is -0.350 e. The van der Waals surface area contributed by atoms with Crippen LogP contribution >= 0.6 is 46.4 Å². The van der Waals surface area contributed by atoms with Gasteiger partial charge in [0.05, 0.1) is 17.0 Å². The van der Waals surface area contributed by atoms with Crippen LogP contribution in [0.1, 0.15) is 5.56 Å². The van der Waals surface area contributed by atoms with Crippen molar-refractivity contribution in [3.63, 3.8) is 0 Å². The fourth-order valence-corrected chi connectivity index (χ4v) is 4.01. The summed E-state index contributed by atoms with van der Waals surface area (Å²) >= 11 is 23.8. The molecule has 0 aliphatic rings. The van der Waals surface area contributed by atoms with E-state index in [1.807, 2.05) is 0 Å². The van der Waals surface area contributed by atoms with Gasteiger partial charge in [-0.1, -0.05) is 52.5 Å². The van der Waals surface area contributed by atoms with E-state index in [-0.39, 0.29) is 17.3 Å². The number of nitrogens with one attached hydrogen (secondary N) is 1. The van der Waals surface area contributed by atoms with E-state index in [1.165, 1.54) is 18.2 Å². The molecule has 10 heteroatoms. The number of amides is 1. The van der Waals surface area contributed by atoms with Crippen LogP contribution in [0.4, 0.5) is 5.69 Å². The van der Waals surface area contributed by atoms with Crippen molar-refractivity contribution < 1.29 is 13.2 Å². The van der Waals surface area contributed by atoms with Gasteiger partial charge in [-0.15, -0.1) is 0 Å². The van der Waals surface area contributed by atoms with Gasteiger partial charge in [-0.05, 0) is 35.9 Å². The Labute approximate surface area is 171 Å². The van der Waals surface area contributed by atoms with Gasteiger partial charge < -0.3 is 5.32 Å². The van der Waals surface area contributed by atoms with E-state index in [0.717, 1.165) is 10.6 Å². The molecular weight excluding hydrogens is 442 g/mol. The van der Waals surface area contributed by atoms with Crippen LogP contribution in [0.2, 0.25) is 20.1 Å². The fourth-order valence-electron chi connectivity index (χ4n) is 2.11. The Balaban J connectivity index is 2.14. The summed E-state index contributed by atoms with van der Waals surface area (Å²) in [5.74, 6) is -0.521. The highest BCUT2D eigenvalue weighted by Gasteiger charge is 2.23. The largest absolute Gasteiger partial charge is 0.350 e. The minimum absolute atomic E-state index is 0.122. The molecule has 0 aliphatic heterocycles. The fraction of sp³-hybridized carbons (Fsp3) is 0.188. The smallest absolute Gasteiger partial charge is 0.241 e. The van der Waals surface area contributed by atoms with Crippen LogP contribution in [-0.4, -0.2) is 27.1 Å². The van der Waals surface area contributed by atoms with Crippen molar-refractivity contribution in [3.05, 3.63) is 62.1 Å². The molecule has 1 N–H and O–H groups in total. The summed E-state index contributed by atoms with van der Waals surface area (Å²) in [6.07, 6.45) is 0.987. The second kappa shape index (κ2) is 8.67. The highest BCUT2D eigenvalue weighted by Crippen LogP contribution is 2.30. The van der Waals surface area contributed by atoms with E-state index >= 15 is 0 Å². The van der Waals surface area contributed by atoms with E-state index in [1.54, 1.807) is 18.2 Å². The lowest BCUT2D eigenvalue weighted by Crippen LogP contribution is -2.40. The monoisotopic (exact) mass is 454 g/mol. The third kappa shape index (κ3) is 5.66. The Hall–Kier alpha value is -1.18. The first kappa shape index (κ1) is 21.1. The third-order valence-corrected chi connectivity index (χ3v) is 5.61. The van der Waals surface area contributed by atoms with Crippen LogP contribution < -0.4 is 9.62 Å². The van der Waals surface area contributed by atoms with E-state index in [0.29, 0.717) is 20.6 Å². The van der Waals surface area contributed by atoms with Crippen LogP contribution in [0.25, 0.3) is 0 Å². The molecule has 0 heterocycles. The Morgan fingerprint density at radius 3 is 2.12 bits per heavy atom. The summed E-state index contributed by atoms with van der Waals surface area (Å²) in [4.78, 5) is 12.2.